The molecule has 216 valence electrons. The largest absolute Gasteiger partial charge is 0.145 e. The molecule has 0 aliphatic heterocycles. The van der Waals surface area contributed by atoms with Crippen LogP contribution in [0.5, 0.6) is 0 Å². The summed E-state index contributed by atoms with van der Waals surface area (Å²) in [5.41, 5.74) is 5.65. The van der Waals surface area contributed by atoms with Crippen LogP contribution >= 0.6 is 7.26 Å². The molecule has 0 radical (unpaired) electrons. The molecule has 0 aromatic heterocycles. The highest BCUT2D eigenvalue weighted by Crippen LogP contribution is 2.60. The summed E-state index contributed by atoms with van der Waals surface area (Å²) in [4.78, 5) is 0. The third-order valence-corrected chi connectivity index (χ3v) is 12.7. The molecule has 0 spiro atoms. The molecule has 1 heteroatoms. The molecule has 0 fully saturated rings. The van der Waals surface area contributed by atoms with Crippen molar-refractivity contribution < 1.29 is 0 Å². The molecule has 0 saturated carbocycles. The second-order valence-electron chi connectivity index (χ2n) is 15.7. The first kappa shape index (κ1) is 31.3. The first-order chi connectivity index (χ1) is 18.9. The molecule has 0 nitrogen and oxygen atoms in total. The van der Waals surface area contributed by atoms with Gasteiger partial charge in [0.15, 0.2) is 0 Å². The Bertz CT molecular complexity index is 1270. The SMILES string of the molecule is CC(C)(C)c1ccccc1[P+](c1ccccc1C(C)(C)C)(c1ccccc1C(C)(C)C)c1ccccc1C(C)(C)C. The normalized spacial score (nSPS) is 13.4. The van der Waals surface area contributed by atoms with Crippen molar-refractivity contribution >= 4 is 28.5 Å². The monoisotopic (exact) mass is 563 g/mol. The van der Waals surface area contributed by atoms with Crippen molar-refractivity contribution in [2.24, 2.45) is 0 Å². The Balaban J connectivity index is 2.46. The standard InChI is InChI=1S/C40H52P/c1-37(2,3)29-21-13-17-25-33(29)41(34-26-18-14-22-30(34)38(4,5)6,35-27-19-15-23-31(35)39(7,8)9)36-28-20-16-24-32(36)40(10,11)12/h13-28H,1-12H3/q+1. The van der Waals surface area contributed by atoms with Gasteiger partial charge >= 0.3 is 0 Å². The van der Waals surface area contributed by atoms with E-state index in [2.05, 4.69) is 180 Å². The molecule has 0 aliphatic rings. The Morgan fingerprint density at radius 1 is 0.293 bits per heavy atom. The molecule has 0 bridgehead atoms. The molecule has 0 aliphatic carbocycles. The van der Waals surface area contributed by atoms with Gasteiger partial charge < -0.3 is 0 Å². The van der Waals surface area contributed by atoms with Gasteiger partial charge in [-0.3, -0.25) is 0 Å². The molecule has 0 unspecified atom stereocenters. The zero-order chi connectivity index (χ0) is 30.4. The Morgan fingerprint density at radius 2 is 0.463 bits per heavy atom. The maximum atomic E-state index is 2.46. The third-order valence-electron chi connectivity index (χ3n) is 8.29. The lowest BCUT2D eigenvalue weighted by Crippen LogP contribution is -2.47. The molecule has 4 aromatic carbocycles. The quantitative estimate of drug-likeness (QED) is 0.217. The minimum Gasteiger partial charge on any atom is -0.0617 e. The van der Waals surface area contributed by atoms with E-state index in [0.29, 0.717) is 0 Å². The molecule has 0 heterocycles. The van der Waals surface area contributed by atoms with Gasteiger partial charge in [-0.05, 0) is 45.9 Å². The summed E-state index contributed by atoms with van der Waals surface area (Å²) in [5, 5.41) is 5.94. The Hall–Kier alpha value is -2.69. The lowest BCUT2D eigenvalue weighted by molar-refractivity contribution is 0.592. The number of benzene rings is 4. The summed E-state index contributed by atoms with van der Waals surface area (Å²) in [7, 11) is -2.44. The van der Waals surface area contributed by atoms with Crippen LogP contribution in [-0.2, 0) is 21.7 Å². The second-order valence-corrected chi connectivity index (χ2v) is 19.0. The zero-order valence-electron chi connectivity index (χ0n) is 27.7. The van der Waals surface area contributed by atoms with Crippen molar-refractivity contribution in [3.63, 3.8) is 0 Å². The van der Waals surface area contributed by atoms with Gasteiger partial charge in [0.2, 0.25) is 0 Å². The van der Waals surface area contributed by atoms with Crippen LogP contribution in [-0.4, -0.2) is 0 Å². The second kappa shape index (κ2) is 10.9. The fourth-order valence-electron chi connectivity index (χ4n) is 6.38. The number of hydrogen-bond donors (Lipinski definition) is 0. The first-order valence-corrected chi connectivity index (χ1v) is 17.0. The van der Waals surface area contributed by atoms with Crippen molar-refractivity contribution in [2.45, 2.75) is 105 Å². The van der Waals surface area contributed by atoms with Gasteiger partial charge in [0.05, 0.1) is 0 Å². The van der Waals surface area contributed by atoms with Crippen molar-refractivity contribution in [1.82, 2.24) is 0 Å². The van der Waals surface area contributed by atoms with Gasteiger partial charge in [0.1, 0.15) is 28.5 Å². The van der Waals surface area contributed by atoms with E-state index in [0.717, 1.165) is 0 Å². The molecule has 0 atom stereocenters. The Kier molecular flexibility index (Phi) is 8.28. The highest BCUT2D eigenvalue weighted by Gasteiger charge is 2.55. The van der Waals surface area contributed by atoms with Crippen LogP contribution in [0.4, 0.5) is 0 Å². The van der Waals surface area contributed by atoms with E-state index in [4.69, 9.17) is 0 Å². The summed E-state index contributed by atoms with van der Waals surface area (Å²) in [6.45, 7) is 28.5. The molecule has 0 N–H and O–H groups in total. The molecule has 0 amide bonds. The Labute approximate surface area is 252 Å². The van der Waals surface area contributed by atoms with Crippen LogP contribution < -0.4 is 21.2 Å². The van der Waals surface area contributed by atoms with Crippen molar-refractivity contribution in [1.29, 1.82) is 0 Å². The maximum absolute atomic E-state index is 2.46. The topological polar surface area (TPSA) is 0 Å². The minimum absolute atomic E-state index is 0.0220. The van der Waals surface area contributed by atoms with Gasteiger partial charge in [-0.2, -0.15) is 0 Å². The average Bonchev–Trinajstić information content (AvgIpc) is 2.88. The van der Waals surface area contributed by atoms with Crippen LogP contribution in [0.15, 0.2) is 97.1 Å². The predicted molar refractivity (Wildman–Crippen MR) is 186 cm³/mol. The van der Waals surface area contributed by atoms with Gasteiger partial charge in [-0.15, -0.1) is 0 Å². The third kappa shape index (κ3) is 5.83. The summed E-state index contributed by atoms with van der Waals surface area (Å²) in [6.07, 6.45) is 0. The Morgan fingerprint density at radius 3 is 0.634 bits per heavy atom. The van der Waals surface area contributed by atoms with Crippen LogP contribution in [0.3, 0.4) is 0 Å². The summed E-state index contributed by atoms with van der Waals surface area (Å²) in [5.74, 6) is 0. The van der Waals surface area contributed by atoms with Gasteiger partial charge in [-0.25, -0.2) is 0 Å². The highest BCUT2D eigenvalue weighted by molar-refractivity contribution is 8.01. The molecule has 4 aromatic rings. The predicted octanol–water partition coefficient (Wildman–Crippen LogP) is 9.50. The highest BCUT2D eigenvalue weighted by atomic mass is 31.2. The summed E-state index contributed by atoms with van der Waals surface area (Å²) >= 11 is 0. The van der Waals surface area contributed by atoms with E-state index >= 15 is 0 Å². The van der Waals surface area contributed by atoms with E-state index in [-0.39, 0.29) is 21.7 Å². The maximum Gasteiger partial charge on any atom is 0.145 e. The minimum atomic E-state index is -2.44. The summed E-state index contributed by atoms with van der Waals surface area (Å²) < 4.78 is 0. The lowest BCUT2D eigenvalue weighted by atomic mass is 9.86. The smallest absolute Gasteiger partial charge is 0.0617 e. The van der Waals surface area contributed by atoms with E-state index in [9.17, 15) is 0 Å². The molecular weight excluding hydrogens is 511 g/mol. The van der Waals surface area contributed by atoms with E-state index in [1.54, 1.807) is 0 Å². The average molecular weight is 564 g/mol. The molecule has 4 rings (SSSR count). The van der Waals surface area contributed by atoms with Gasteiger partial charge in [0, 0.05) is 22.3 Å². The van der Waals surface area contributed by atoms with Crippen LogP contribution in [0, 0.1) is 0 Å². The summed E-state index contributed by atoms with van der Waals surface area (Å²) in [6, 6.07) is 37.5. The van der Waals surface area contributed by atoms with Crippen molar-refractivity contribution in [3.8, 4) is 0 Å². The number of hydrogen-bond acceptors (Lipinski definition) is 0. The van der Waals surface area contributed by atoms with Crippen LogP contribution in [0.2, 0.25) is 0 Å². The van der Waals surface area contributed by atoms with E-state index in [1.807, 2.05) is 0 Å². The van der Waals surface area contributed by atoms with Crippen LogP contribution in [0.25, 0.3) is 0 Å². The lowest BCUT2D eigenvalue weighted by Gasteiger charge is -2.39. The first-order valence-electron chi connectivity index (χ1n) is 15.2. The molecule has 41 heavy (non-hydrogen) atoms. The fourth-order valence-corrected chi connectivity index (χ4v) is 12.3. The van der Waals surface area contributed by atoms with Gasteiger partial charge in [0.25, 0.3) is 0 Å². The van der Waals surface area contributed by atoms with Crippen molar-refractivity contribution in [3.05, 3.63) is 119 Å². The fraction of sp³-hybridized carbons (Fsp3) is 0.400. The van der Waals surface area contributed by atoms with Gasteiger partial charge in [-0.1, -0.05) is 156 Å². The molecule has 0 saturated heterocycles. The zero-order valence-corrected chi connectivity index (χ0v) is 28.6. The van der Waals surface area contributed by atoms with Crippen molar-refractivity contribution in [2.75, 3.05) is 0 Å². The van der Waals surface area contributed by atoms with Crippen LogP contribution in [0.1, 0.15) is 105 Å². The molecular formula is C40H52P+. The number of rotatable bonds is 4. The van der Waals surface area contributed by atoms with E-state index in [1.165, 1.54) is 43.5 Å². The van der Waals surface area contributed by atoms with E-state index < -0.39 is 7.26 Å².